The second-order valence-corrected chi connectivity index (χ2v) is 2.84. The molecule has 0 atom stereocenters. The van der Waals surface area contributed by atoms with Gasteiger partial charge in [-0.1, -0.05) is 38.3 Å². The Morgan fingerprint density at radius 3 is 1.90 bits per heavy atom. The maximum absolute atomic E-state index is 2.26. The third-order valence-corrected chi connectivity index (χ3v) is 2.11. The number of allylic oxidation sites excluding steroid dienone is 2. The molecule has 0 aromatic rings. The van der Waals surface area contributed by atoms with Crippen molar-refractivity contribution in [1.82, 2.24) is 0 Å². The van der Waals surface area contributed by atoms with Crippen LogP contribution in [0.25, 0.3) is 0 Å². The van der Waals surface area contributed by atoms with Gasteiger partial charge in [0.05, 0.1) is 0 Å². The van der Waals surface area contributed by atoms with Crippen molar-refractivity contribution in [3.8, 4) is 0 Å². The minimum absolute atomic E-state index is 1.23. The highest BCUT2D eigenvalue weighted by Gasteiger charge is 1.95. The van der Waals surface area contributed by atoms with Gasteiger partial charge in [0.1, 0.15) is 0 Å². The van der Waals surface area contributed by atoms with E-state index in [0.717, 1.165) is 0 Å². The lowest BCUT2D eigenvalue weighted by Crippen LogP contribution is -1.85. The van der Waals surface area contributed by atoms with Crippen LogP contribution in [0.1, 0.15) is 53.4 Å². The van der Waals surface area contributed by atoms with Crippen LogP contribution in [0.3, 0.4) is 0 Å². The van der Waals surface area contributed by atoms with Crippen molar-refractivity contribution < 1.29 is 0 Å². The van der Waals surface area contributed by atoms with Crippen molar-refractivity contribution in [3.05, 3.63) is 11.1 Å². The molecule has 0 unspecified atom stereocenters. The summed E-state index contributed by atoms with van der Waals surface area (Å²) in [7, 11) is 0. The van der Waals surface area contributed by atoms with Gasteiger partial charge in [-0.25, -0.2) is 0 Å². The van der Waals surface area contributed by atoms with Gasteiger partial charge in [0.15, 0.2) is 0 Å². The van der Waals surface area contributed by atoms with Crippen LogP contribution in [0.4, 0.5) is 0 Å². The number of rotatable bonds is 4. The van der Waals surface area contributed by atoms with Crippen molar-refractivity contribution in [3.63, 3.8) is 0 Å². The summed E-state index contributed by atoms with van der Waals surface area (Å²) in [6, 6.07) is 0. The van der Waals surface area contributed by atoms with Gasteiger partial charge in [-0.05, 0) is 26.2 Å². The van der Waals surface area contributed by atoms with E-state index in [1.807, 2.05) is 0 Å². The average molecular weight is 140 g/mol. The van der Waals surface area contributed by atoms with Gasteiger partial charge >= 0.3 is 0 Å². The Hall–Kier alpha value is -0.260. The molecule has 0 saturated carbocycles. The van der Waals surface area contributed by atoms with E-state index in [4.69, 9.17) is 0 Å². The highest BCUT2D eigenvalue weighted by molar-refractivity contribution is 5.10. The van der Waals surface area contributed by atoms with E-state index in [2.05, 4.69) is 27.7 Å². The Bertz CT molecular complexity index is 109. The molecule has 0 heterocycles. The molecule has 0 radical (unpaired) electrons. The first-order valence-electron chi connectivity index (χ1n) is 4.43. The fraction of sp³-hybridized carbons (Fsp3) is 0.800. The van der Waals surface area contributed by atoms with E-state index in [1.54, 1.807) is 11.1 Å². The fourth-order valence-electron chi connectivity index (χ4n) is 1.24. The molecule has 0 heteroatoms. The van der Waals surface area contributed by atoms with Gasteiger partial charge in [-0.15, -0.1) is 0 Å². The Kier molecular flexibility index (Phi) is 5.38. The first kappa shape index (κ1) is 9.74. The van der Waals surface area contributed by atoms with Crippen molar-refractivity contribution in [2.24, 2.45) is 0 Å². The Balaban J connectivity index is 4.00. The molecule has 0 bridgehead atoms. The molecule has 0 aliphatic heterocycles. The number of hydrogen-bond donors (Lipinski definition) is 0. The van der Waals surface area contributed by atoms with Crippen molar-refractivity contribution in [1.29, 1.82) is 0 Å². The van der Waals surface area contributed by atoms with Crippen LogP contribution in [0, 0.1) is 0 Å². The van der Waals surface area contributed by atoms with Crippen LogP contribution in [-0.2, 0) is 0 Å². The van der Waals surface area contributed by atoms with Crippen LogP contribution < -0.4 is 0 Å². The minimum Gasteiger partial charge on any atom is -0.0744 e. The zero-order chi connectivity index (χ0) is 7.98. The zero-order valence-electron chi connectivity index (χ0n) is 7.83. The number of hydrogen-bond acceptors (Lipinski definition) is 0. The molecule has 10 heavy (non-hydrogen) atoms. The smallest absolute Gasteiger partial charge is 0.0320 e. The molecule has 0 spiro atoms. The Morgan fingerprint density at radius 1 is 1.00 bits per heavy atom. The largest absolute Gasteiger partial charge is 0.0744 e. The van der Waals surface area contributed by atoms with E-state index in [0.29, 0.717) is 0 Å². The maximum Gasteiger partial charge on any atom is -0.0320 e. The van der Waals surface area contributed by atoms with Gasteiger partial charge in [-0.2, -0.15) is 0 Å². The summed E-state index contributed by atoms with van der Waals surface area (Å²) in [5, 5.41) is 0. The van der Waals surface area contributed by atoms with E-state index in [-0.39, 0.29) is 0 Å². The van der Waals surface area contributed by atoms with E-state index in [9.17, 15) is 0 Å². The highest BCUT2D eigenvalue weighted by atomic mass is 14.0. The van der Waals surface area contributed by atoms with E-state index < -0.39 is 0 Å². The second kappa shape index (κ2) is 5.52. The standard InChI is InChI=1S/C10H20/c1-5-8-10(7-3)9(4)6-2/h5-8H2,1-4H3. The predicted octanol–water partition coefficient (Wildman–Crippen LogP) is 3.92. The van der Waals surface area contributed by atoms with Crippen molar-refractivity contribution in [2.45, 2.75) is 53.4 Å². The Labute approximate surface area is 65.3 Å². The molecule has 60 valence electrons. The molecule has 0 aliphatic carbocycles. The van der Waals surface area contributed by atoms with Crippen LogP contribution in [0.2, 0.25) is 0 Å². The summed E-state index contributed by atoms with van der Waals surface area (Å²) in [6.45, 7) is 9.00. The van der Waals surface area contributed by atoms with Crippen LogP contribution in [-0.4, -0.2) is 0 Å². The fourth-order valence-corrected chi connectivity index (χ4v) is 1.24. The Morgan fingerprint density at radius 2 is 1.60 bits per heavy atom. The third kappa shape index (κ3) is 3.05. The van der Waals surface area contributed by atoms with Gasteiger partial charge in [0.25, 0.3) is 0 Å². The van der Waals surface area contributed by atoms with Gasteiger partial charge in [-0.3, -0.25) is 0 Å². The van der Waals surface area contributed by atoms with Crippen LogP contribution in [0.5, 0.6) is 0 Å². The summed E-state index contributed by atoms with van der Waals surface area (Å²) in [5.41, 5.74) is 3.27. The van der Waals surface area contributed by atoms with Gasteiger partial charge < -0.3 is 0 Å². The van der Waals surface area contributed by atoms with Crippen molar-refractivity contribution >= 4 is 0 Å². The molecule has 0 saturated heterocycles. The quantitative estimate of drug-likeness (QED) is 0.519. The molecular weight excluding hydrogens is 120 g/mol. The summed E-state index contributed by atoms with van der Waals surface area (Å²) in [5.74, 6) is 0. The summed E-state index contributed by atoms with van der Waals surface area (Å²) in [4.78, 5) is 0. The predicted molar refractivity (Wildman–Crippen MR) is 48.2 cm³/mol. The molecule has 0 aromatic carbocycles. The molecule has 0 rings (SSSR count). The van der Waals surface area contributed by atoms with Crippen molar-refractivity contribution in [2.75, 3.05) is 0 Å². The molecule has 0 nitrogen and oxygen atoms in total. The second-order valence-electron chi connectivity index (χ2n) is 2.84. The van der Waals surface area contributed by atoms with Crippen LogP contribution >= 0.6 is 0 Å². The topological polar surface area (TPSA) is 0 Å². The monoisotopic (exact) mass is 140 g/mol. The first-order chi connectivity index (χ1) is 4.76. The average Bonchev–Trinajstić information content (AvgIpc) is 1.99. The van der Waals surface area contributed by atoms with E-state index in [1.165, 1.54) is 25.7 Å². The maximum atomic E-state index is 2.26. The zero-order valence-corrected chi connectivity index (χ0v) is 7.83. The molecule has 0 aromatic heterocycles. The van der Waals surface area contributed by atoms with Gasteiger partial charge in [0, 0.05) is 0 Å². The van der Waals surface area contributed by atoms with Gasteiger partial charge in [0.2, 0.25) is 0 Å². The third-order valence-electron chi connectivity index (χ3n) is 2.11. The minimum atomic E-state index is 1.23. The lowest BCUT2D eigenvalue weighted by atomic mass is 10.0. The SMILES string of the molecule is CCCC(CC)=C(C)CC. The van der Waals surface area contributed by atoms with Crippen LogP contribution in [0.15, 0.2) is 11.1 Å². The molecular formula is C10H20. The highest BCUT2D eigenvalue weighted by Crippen LogP contribution is 2.16. The normalized spacial score (nSPS) is 13.2. The molecule has 0 aliphatic rings. The first-order valence-corrected chi connectivity index (χ1v) is 4.43. The molecule has 0 amide bonds. The molecule has 0 N–H and O–H groups in total. The summed E-state index contributed by atoms with van der Waals surface area (Å²) >= 11 is 0. The van der Waals surface area contributed by atoms with E-state index >= 15 is 0 Å². The summed E-state index contributed by atoms with van der Waals surface area (Å²) < 4.78 is 0. The summed E-state index contributed by atoms with van der Waals surface area (Å²) in [6.07, 6.45) is 5.06. The lowest BCUT2D eigenvalue weighted by Gasteiger charge is -2.06. The lowest BCUT2D eigenvalue weighted by molar-refractivity contribution is 0.827. The molecule has 0 fully saturated rings.